The third-order valence-electron chi connectivity index (χ3n) is 6.17. The summed E-state index contributed by atoms with van der Waals surface area (Å²) in [5.74, 6) is 1.49. The van der Waals surface area contributed by atoms with Gasteiger partial charge in [0.25, 0.3) is 5.56 Å². The summed E-state index contributed by atoms with van der Waals surface area (Å²) in [6.45, 7) is 6.25. The number of aromatic amines is 1. The van der Waals surface area contributed by atoms with Gasteiger partial charge in [0.15, 0.2) is 5.82 Å². The summed E-state index contributed by atoms with van der Waals surface area (Å²) in [5, 5.41) is 13.3. The van der Waals surface area contributed by atoms with Gasteiger partial charge in [0.05, 0.1) is 12.8 Å². The van der Waals surface area contributed by atoms with Gasteiger partial charge >= 0.3 is 0 Å². The van der Waals surface area contributed by atoms with E-state index in [0.29, 0.717) is 37.6 Å². The summed E-state index contributed by atoms with van der Waals surface area (Å²) in [6, 6.07) is 20.4. The van der Waals surface area contributed by atoms with Crippen LogP contribution in [0.5, 0.6) is 0 Å². The summed E-state index contributed by atoms with van der Waals surface area (Å²) in [4.78, 5) is 18.2. The van der Waals surface area contributed by atoms with Crippen LogP contribution in [0.4, 0.5) is 0 Å². The van der Waals surface area contributed by atoms with Crippen molar-refractivity contribution in [1.29, 1.82) is 0 Å². The van der Waals surface area contributed by atoms with Crippen molar-refractivity contribution in [2.24, 2.45) is 0 Å². The minimum Gasteiger partial charge on any atom is -0.467 e. The molecule has 5 rings (SSSR count). The molecule has 0 saturated heterocycles. The third kappa shape index (κ3) is 5.38. The van der Waals surface area contributed by atoms with Crippen LogP contribution >= 0.6 is 0 Å². The van der Waals surface area contributed by atoms with Crippen LogP contribution in [0.1, 0.15) is 40.8 Å². The molecule has 5 aromatic rings. The predicted molar refractivity (Wildman–Crippen MR) is 134 cm³/mol. The van der Waals surface area contributed by atoms with Crippen LogP contribution < -0.4 is 5.56 Å². The molecule has 0 bridgehead atoms. The number of pyridine rings is 1. The monoisotopic (exact) mass is 468 g/mol. The Morgan fingerprint density at radius 1 is 1.00 bits per heavy atom. The van der Waals surface area contributed by atoms with Gasteiger partial charge in [-0.3, -0.25) is 9.69 Å². The van der Waals surface area contributed by atoms with Gasteiger partial charge in [-0.05, 0) is 70.6 Å². The van der Waals surface area contributed by atoms with E-state index in [4.69, 9.17) is 4.42 Å². The van der Waals surface area contributed by atoms with Crippen molar-refractivity contribution < 1.29 is 4.42 Å². The van der Waals surface area contributed by atoms with E-state index in [1.54, 1.807) is 10.9 Å². The van der Waals surface area contributed by atoms with Gasteiger partial charge in [-0.15, -0.1) is 5.10 Å². The highest BCUT2D eigenvalue weighted by Crippen LogP contribution is 2.17. The first-order valence-corrected chi connectivity index (χ1v) is 11.8. The number of nitrogens with one attached hydrogen (secondary N) is 1. The van der Waals surface area contributed by atoms with E-state index in [2.05, 4.69) is 75.7 Å². The number of H-pyrrole nitrogens is 1. The number of fused-ring (bicyclic) bond motifs is 1. The molecule has 3 aromatic heterocycles. The van der Waals surface area contributed by atoms with Gasteiger partial charge in [-0.1, -0.05) is 42.8 Å². The molecule has 2 aromatic carbocycles. The van der Waals surface area contributed by atoms with Crippen LogP contribution in [0.2, 0.25) is 0 Å². The van der Waals surface area contributed by atoms with Gasteiger partial charge in [-0.25, -0.2) is 4.68 Å². The number of benzene rings is 2. The SMILES string of the molecule is CCc1ccc2[nH]c(=O)c(CN(Cc3ccc(C)cc3)Cc3nnnn3Cc3ccco3)cc2c1. The average molecular weight is 469 g/mol. The average Bonchev–Trinajstić information content (AvgIpc) is 3.53. The van der Waals surface area contributed by atoms with E-state index in [1.807, 2.05) is 24.3 Å². The molecule has 0 aliphatic heterocycles. The number of nitrogens with zero attached hydrogens (tertiary/aromatic N) is 5. The van der Waals surface area contributed by atoms with Crippen LogP contribution in [-0.4, -0.2) is 30.1 Å². The van der Waals surface area contributed by atoms with Crippen molar-refractivity contribution in [2.75, 3.05) is 0 Å². The Labute approximate surface area is 203 Å². The molecule has 0 amide bonds. The highest BCUT2D eigenvalue weighted by atomic mass is 16.3. The molecular weight excluding hydrogens is 440 g/mol. The fraction of sp³-hybridized carbons (Fsp3) is 0.259. The second kappa shape index (κ2) is 10.1. The second-order valence-electron chi connectivity index (χ2n) is 8.86. The van der Waals surface area contributed by atoms with Crippen molar-refractivity contribution in [2.45, 2.75) is 46.4 Å². The number of tetrazole rings is 1. The zero-order valence-corrected chi connectivity index (χ0v) is 19.9. The fourth-order valence-corrected chi connectivity index (χ4v) is 4.21. The molecule has 1 N–H and O–H groups in total. The summed E-state index contributed by atoms with van der Waals surface area (Å²) >= 11 is 0. The highest BCUT2D eigenvalue weighted by molar-refractivity contribution is 5.79. The first kappa shape index (κ1) is 22.7. The van der Waals surface area contributed by atoms with Crippen molar-refractivity contribution in [3.8, 4) is 0 Å². The molecule has 8 heteroatoms. The van der Waals surface area contributed by atoms with Crippen molar-refractivity contribution in [1.82, 2.24) is 30.1 Å². The zero-order valence-electron chi connectivity index (χ0n) is 19.9. The lowest BCUT2D eigenvalue weighted by molar-refractivity contribution is 0.235. The van der Waals surface area contributed by atoms with Gasteiger partial charge in [-0.2, -0.15) is 0 Å². The number of furan rings is 1. The van der Waals surface area contributed by atoms with E-state index in [0.717, 1.165) is 28.6 Å². The van der Waals surface area contributed by atoms with Crippen LogP contribution in [0.3, 0.4) is 0 Å². The normalized spacial score (nSPS) is 11.5. The molecule has 0 saturated carbocycles. The lowest BCUT2D eigenvalue weighted by atomic mass is 10.1. The number of hydrogen-bond donors (Lipinski definition) is 1. The van der Waals surface area contributed by atoms with Crippen molar-refractivity contribution in [3.63, 3.8) is 0 Å². The van der Waals surface area contributed by atoms with Crippen LogP contribution in [0.15, 0.2) is 76.1 Å². The Morgan fingerprint density at radius 2 is 1.83 bits per heavy atom. The quantitative estimate of drug-likeness (QED) is 0.348. The first-order chi connectivity index (χ1) is 17.1. The molecule has 0 atom stereocenters. The maximum Gasteiger partial charge on any atom is 0.252 e. The number of aryl methyl sites for hydroxylation is 2. The highest BCUT2D eigenvalue weighted by Gasteiger charge is 2.16. The summed E-state index contributed by atoms with van der Waals surface area (Å²) in [6.07, 6.45) is 2.58. The van der Waals surface area contributed by atoms with Gasteiger partial charge in [0, 0.05) is 24.2 Å². The molecule has 0 aliphatic rings. The topological polar surface area (TPSA) is 92.8 Å². The van der Waals surface area contributed by atoms with E-state index < -0.39 is 0 Å². The minimum absolute atomic E-state index is 0.0779. The van der Waals surface area contributed by atoms with E-state index in [-0.39, 0.29) is 5.56 Å². The Morgan fingerprint density at radius 3 is 2.60 bits per heavy atom. The second-order valence-corrected chi connectivity index (χ2v) is 8.86. The molecular formula is C27H28N6O2. The molecule has 0 spiro atoms. The zero-order chi connectivity index (χ0) is 24.2. The smallest absolute Gasteiger partial charge is 0.252 e. The Hall–Kier alpha value is -4.04. The van der Waals surface area contributed by atoms with Crippen LogP contribution in [0.25, 0.3) is 10.9 Å². The van der Waals surface area contributed by atoms with E-state index >= 15 is 0 Å². The predicted octanol–water partition coefficient (Wildman–Crippen LogP) is 4.23. The number of aromatic nitrogens is 5. The standard InChI is InChI=1S/C27H28N6O2/c1-3-20-10-11-25-22(13-20)14-23(27(34)28-25)16-32(15-21-8-6-19(2)7-9-21)18-26-29-30-31-33(26)17-24-5-4-12-35-24/h4-14H,3,15-18H2,1-2H3,(H,28,34). The van der Waals surface area contributed by atoms with E-state index in [1.165, 1.54) is 11.1 Å². The minimum atomic E-state index is -0.0779. The molecule has 0 fully saturated rings. The Balaban J connectivity index is 1.45. The first-order valence-electron chi connectivity index (χ1n) is 11.8. The van der Waals surface area contributed by atoms with Crippen LogP contribution in [0, 0.1) is 6.92 Å². The maximum atomic E-state index is 13.0. The molecule has 0 unspecified atom stereocenters. The molecule has 0 aliphatic carbocycles. The molecule has 35 heavy (non-hydrogen) atoms. The molecule has 178 valence electrons. The fourth-order valence-electron chi connectivity index (χ4n) is 4.21. The van der Waals surface area contributed by atoms with Gasteiger partial charge < -0.3 is 9.40 Å². The largest absolute Gasteiger partial charge is 0.467 e. The number of rotatable bonds is 9. The van der Waals surface area contributed by atoms with E-state index in [9.17, 15) is 4.79 Å². The summed E-state index contributed by atoms with van der Waals surface area (Å²) in [5.41, 5.74) is 5.09. The van der Waals surface area contributed by atoms with Crippen molar-refractivity contribution >= 4 is 10.9 Å². The van der Waals surface area contributed by atoms with Crippen molar-refractivity contribution in [3.05, 3.63) is 111 Å². The third-order valence-corrected chi connectivity index (χ3v) is 6.17. The molecule has 0 radical (unpaired) electrons. The Kier molecular flexibility index (Phi) is 6.54. The lowest BCUT2D eigenvalue weighted by Gasteiger charge is -2.22. The molecule has 3 heterocycles. The lowest BCUT2D eigenvalue weighted by Crippen LogP contribution is -2.28. The van der Waals surface area contributed by atoms with Gasteiger partial charge in [0.1, 0.15) is 12.3 Å². The summed E-state index contributed by atoms with van der Waals surface area (Å²) < 4.78 is 7.20. The van der Waals surface area contributed by atoms with Gasteiger partial charge in [0.2, 0.25) is 0 Å². The number of hydrogen-bond acceptors (Lipinski definition) is 6. The maximum absolute atomic E-state index is 13.0. The molecule has 8 nitrogen and oxygen atoms in total. The summed E-state index contributed by atoms with van der Waals surface area (Å²) in [7, 11) is 0. The van der Waals surface area contributed by atoms with Crippen LogP contribution in [-0.2, 0) is 32.6 Å². The Bertz CT molecular complexity index is 1470.